The maximum Gasteiger partial charge on any atom is 0.129 e. The maximum absolute atomic E-state index is 5.85. The number of oxime groups is 1. The van der Waals surface area contributed by atoms with Crippen molar-refractivity contribution >= 4 is 11.3 Å². The third kappa shape index (κ3) is 5.26. The van der Waals surface area contributed by atoms with Crippen molar-refractivity contribution < 1.29 is 4.84 Å². The summed E-state index contributed by atoms with van der Waals surface area (Å²) in [5, 5.41) is 4.64. The van der Waals surface area contributed by atoms with Gasteiger partial charge in [-0.05, 0) is 54.3 Å². The first kappa shape index (κ1) is 21.7. The molecule has 0 radical (unpaired) electrons. The second-order valence-electron chi connectivity index (χ2n) is 9.04. The lowest BCUT2D eigenvalue weighted by atomic mass is 9.69. The molecule has 0 saturated carbocycles. The van der Waals surface area contributed by atoms with Crippen LogP contribution in [-0.2, 0) is 4.84 Å². The lowest BCUT2D eigenvalue weighted by Gasteiger charge is -2.34. The van der Waals surface area contributed by atoms with Crippen molar-refractivity contribution in [1.29, 1.82) is 0 Å². The predicted octanol–water partition coefficient (Wildman–Crippen LogP) is 6.51. The highest BCUT2D eigenvalue weighted by atomic mass is 16.6. The van der Waals surface area contributed by atoms with Crippen molar-refractivity contribution in [3.63, 3.8) is 0 Å². The second-order valence-corrected chi connectivity index (χ2v) is 9.04. The van der Waals surface area contributed by atoms with Gasteiger partial charge in [-0.15, -0.1) is 0 Å². The molecule has 3 nitrogen and oxygen atoms in total. The highest BCUT2D eigenvalue weighted by molar-refractivity contribution is 6.04. The summed E-state index contributed by atoms with van der Waals surface area (Å²) in [7, 11) is 0. The van der Waals surface area contributed by atoms with E-state index in [9.17, 15) is 0 Å². The molecule has 0 N–H and O–H groups in total. The van der Waals surface area contributed by atoms with Crippen molar-refractivity contribution in [3.05, 3.63) is 114 Å². The Hall–Kier alpha value is -3.17. The third-order valence-electron chi connectivity index (χ3n) is 6.86. The SMILES string of the molecule is C1=C(c2ccccc2)[C@H](c2ccccc2)[C@H](c2ccccc2)C/C1=N\OCCN1CCCC1. The van der Waals surface area contributed by atoms with Crippen LogP contribution >= 0.6 is 0 Å². The Morgan fingerprint density at radius 2 is 1.36 bits per heavy atom. The first-order chi connectivity index (χ1) is 16.4. The number of nitrogens with zero attached hydrogens (tertiary/aromatic N) is 2. The molecule has 0 spiro atoms. The van der Waals surface area contributed by atoms with Crippen LogP contribution in [-0.4, -0.2) is 36.9 Å². The standard InChI is InChI=1S/C30H32N2O/c1-4-12-24(13-5-1)28-22-27(31-33-21-20-32-18-10-11-19-32)23-29(25-14-6-2-7-15-25)30(28)26-16-8-3-9-17-26/h1-9,12-17,22,29-30H,10-11,18-21,23H2/b31-27-/t29-,30-/m0/s1. The Labute approximate surface area is 197 Å². The molecule has 1 aliphatic carbocycles. The molecule has 1 heterocycles. The van der Waals surface area contributed by atoms with Gasteiger partial charge >= 0.3 is 0 Å². The molecule has 1 aliphatic heterocycles. The van der Waals surface area contributed by atoms with Crippen LogP contribution in [0, 0.1) is 0 Å². The smallest absolute Gasteiger partial charge is 0.129 e. The van der Waals surface area contributed by atoms with Gasteiger partial charge in [0.1, 0.15) is 6.61 Å². The van der Waals surface area contributed by atoms with Crippen LogP contribution in [0.25, 0.3) is 5.57 Å². The topological polar surface area (TPSA) is 24.8 Å². The zero-order chi connectivity index (χ0) is 22.3. The molecule has 0 amide bonds. The van der Waals surface area contributed by atoms with Crippen LogP contribution in [0.5, 0.6) is 0 Å². The van der Waals surface area contributed by atoms with Gasteiger partial charge in [-0.1, -0.05) is 96.2 Å². The molecular weight excluding hydrogens is 404 g/mol. The van der Waals surface area contributed by atoms with E-state index in [-0.39, 0.29) is 5.92 Å². The van der Waals surface area contributed by atoms with E-state index in [1.165, 1.54) is 48.2 Å². The third-order valence-corrected chi connectivity index (χ3v) is 6.86. The molecule has 2 aliphatic rings. The minimum Gasteiger partial charge on any atom is -0.394 e. The average molecular weight is 437 g/mol. The zero-order valence-electron chi connectivity index (χ0n) is 19.1. The van der Waals surface area contributed by atoms with Gasteiger partial charge in [0, 0.05) is 24.8 Å². The van der Waals surface area contributed by atoms with E-state index >= 15 is 0 Å². The molecule has 168 valence electrons. The summed E-state index contributed by atoms with van der Waals surface area (Å²) >= 11 is 0. The Kier molecular flexibility index (Phi) is 6.98. The van der Waals surface area contributed by atoms with Crippen molar-refractivity contribution in [2.24, 2.45) is 5.16 Å². The molecule has 0 aromatic heterocycles. The molecular formula is C30H32N2O. The Balaban J connectivity index is 1.49. The summed E-state index contributed by atoms with van der Waals surface area (Å²) in [4.78, 5) is 8.31. The number of likely N-dealkylation sites (tertiary alicyclic amines) is 1. The fourth-order valence-electron chi connectivity index (χ4n) is 5.23. The first-order valence-corrected chi connectivity index (χ1v) is 12.2. The normalized spacial score (nSPS) is 22.3. The number of benzene rings is 3. The Morgan fingerprint density at radius 1 is 0.758 bits per heavy atom. The van der Waals surface area contributed by atoms with E-state index in [1.807, 2.05) is 0 Å². The number of allylic oxidation sites excluding steroid dienone is 2. The quantitative estimate of drug-likeness (QED) is 0.311. The zero-order valence-corrected chi connectivity index (χ0v) is 19.1. The molecule has 1 fully saturated rings. The molecule has 3 heteroatoms. The summed E-state index contributed by atoms with van der Waals surface area (Å²) in [6.45, 7) is 3.98. The van der Waals surface area contributed by atoms with Crippen molar-refractivity contribution in [2.75, 3.05) is 26.2 Å². The van der Waals surface area contributed by atoms with Gasteiger partial charge in [0.25, 0.3) is 0 Å². The minimum absolute atomic E-state index is 0.263. The van der Waals surface area contributed by atoms with Crippen molar-refractivity contribution in [1.82, 2.24) is 4.90 Å². The molecule has 33 heavy (non-hydrogen) atoms. The maximum atomic E-state index is 5.85. The minimum atomic E-state index is 0.263. The Bertz CT molecular complexity index is 1070. The molecule has 3 aromatic rings. The van der Waals surface area contributed by atoms with Gasteiger partial charge in [-0.3, -0.25) is 4.90 Å². The van der Waals surface area contributed by atoms with Gasteiger partial charge in [-0.25, -0.2) is 0 Å². The summed E-state index contributed by atoms with van der Waals surface area (Å²) in [6, 6.07) is 32.5. The van der Waals surface area contributed by atoms with Crippen LogP contribution in [0.4, 0.5) is 0 Å². The van der Waals surface area contributed by atoms with E-state index in [1.54, 1.807) is 0 Å². The molecule has 2 atom stereocenters. The van der Waals surface area contributed by atoms with Gasteiger partial charge in [0.2, 0.25) is 0 Å². The van der Waals surface area contributed by atoms with Gasteiger partial charge < -0.3 is 4.84 Å². The fourth-order valence-corrected chi connectivity index (χ4v) is 5.23. The number of hydrogen-bond donors (Lipinski definition) is 0. The lowest BCUT2D eigenvalue weighted by Crippen LogP contribution is -2.24. The molecule has 5 rings (SSSR count). The highest BCUT2D eigenvalue weighted by Crippen LogP contribution is 2.47. The van der Waals surface area contributed by atoms with Crippen LogP contribution in [0.15, 0.2) is 102 Å². The molecule has 0 unspecified atom stereocenters. The summed E-state index contributed by atoms with van der Waals surface area (Å²) < 4.78 is 0. The second kappa shape index (κ2) is 10.6. The molecule has 1 saturated heterocycles. The van der Waals surface area contributed by atoms with Gasteiger partial charge in [0.15, 0.2) is 0 Å². The summed E-state index contributed by atoms with van der Waals surface area (Å²) in [5.74, 6) is 0.564. The predicted molar refractivity (Wildman–Crippen MR) is 136 cm³/mol. The van der Waals surface area contributed by atoms with Crippen LogP contribution in [0.1, 0.15) is 47.8 Å². The van der Waals surface area contributed by atoms with E-state index < -0.39 is 0 Å². The van der Waals surface area contributed by atoms with E-state index in [0.717, 1.165) is 18.7 Å². The van der Waals surface area contributed by atoms with Gasteiger partial charge in [-0.2, -0.15) is 0 Å². The Morgan fingerprint density at radius 3 is 2.03 bits per heavy atom. The van der Waals surface area contributed by atoms with E-state index in [0.29, 0.717) is 12.5 Å². The lowest BCUT2D eigenvalue weighted by molar-refractivity contribution is 0.118. The summed E-state index contributed by atoms with van der Waals surface area (Å²) in [5.41, 5.74) is 6.27. The highest BCUT2D eigenvalue weighted by Gasteiger charge is 2.33. The average Bonchev–Trinajstić information content (AvgIpc) is 3.41. The largest absolute Gasteiger partial charge is 0.394 e. The van der Waals surface area contributed by atoms with Crippen LogP contribution in [0.2, 0.25) is 0 Å². The number of rotatable bonds is 7. The monoisotopic (exact) mass is 436 g/mol. The van der Waals surface area contributed by atoms with Crippen LogP contribution < -0.4 is 0 Å². The molecule has 0 bridgehead atoms. The van der Waals surface area contributed by atoms with Gasteiger partial charge in [0.05, 0.1) is 5.71 Å². The van der Waals surface area contributed by atoms with Crippen molar-refractivity contribution in [3.8, 4) is 0 Å². The summed E-state index contributed by atoms with van der Waals surface area (Å²) in [6.07, 6.45) is 5.74. The first-order valence-electron chi connectivity index (χ1n) is 12.2. The molecule has 3 aromatic carbocycles. The number of hydrogen-bond acceptors (Lipinski definition) is 3. The fraction of sp³-hybridized carbons (Fsp3) is 0.300. The van der Waals surface area contributed by atoms with E-state index in [2.05, 4.69) is 107 Å². The van der Waals surface area contributed by atoms with Crippen LogP contribution in [0.3, 0.4) is 0 Å². The van der Waals surface area contributed by atoms with Crippen molar-refractivity contribution in [2.45, 2.75) is 31.1 Å². The van der Waals surface area contributed by atoms with E-state index in [4.69, 9.17) is 4.84 Å².